The van der Waals surface area contributed by atoms with Crippen LogP contribution in [0, 0.1) is 0 Å². The van der Waals surface area contributed by atoms with E-state index in [-0.39, 0.29) is 18.4 Å². The number of nitrogens with two attached hydrogens (primary N) is 1. The van der Waals surface area contributed by atoms with Crippen LogP contribution in [0.1, 0.15) is 19.4 Å². The van der Waals surface area contributed by atoms with E-state index in [1.807, 2.05) is 32.0 Å². The molecule has 0 radical (unpaired) electrons. The highest BCUT2D eigenvalue weighted by Crippen LogP contribution is 2.28. The summed E-state index contributed by atoms with van der Waals surface area (Å²) in [6, 6.07) is 6.10. The molecule has 1 atom stereocenters. The minimum Gasteiger partial charge on any atom is -0.493 e. The second-order valence-electron chi connectivity index (χ2n) is 3.60. The van der Waals surface area contributed by atoms with E-state index in [0.29, 0.717) is 6.61 Å². The summed E-state index contributed by atoms with van der Waals surface area (Å²) in [5.74, 6) is 1.56. The molecule has 0 saturated carbocycles. The van der Waals surface area contributed by atoms with Crippen LogP contribution in [0.2, 0.25) is 0 Å². The minimum atomic E-state index is 0. The molecular weight excluding hydrogens is 226 g/mol. The average molecular weight is 246 g/mol. The lowest BCUT2D eigenvalue weighted by molar-refractivity contribution is 0.310. The van der Waals surface area contributed by atoms with E-state index in [1.165, 1.54) is 5.56 Å². The van der Waals surface area contributed by atoms with Gasteiger partial charge in [-0.3, -0.25) is 0 Å². The summed E-state index contributed by atoms with van der Waals surface area (Å²) in [6.07, 6.45) is 0.850. The molecule has 1 aromatic rings. The van der Waals surface area contributed by atoms with Crippen molar-refractivity contribution < 1.29 is 9.47 Å². The van der Waals surface area contributed by atoms with Crippen LogP contribution in [-0.2, 0) is 6.42 Å². The van der Waals surface area contributed by atoms with Crippen molar-refractivity contribution in [2.45, 2.75) is 26.3 Å². The smallest absolute Gasteiger partial charge is 0.161 e. The first-order valence-electron chi connectivity index (χ1n) is 5.22. The molecule has 0 aliphatic rings. The Hall–Kier alpha value is -0.930. The van der Waals surface area contributed by atoms with Crippen molar-refractivity contribution in [2.75, 3.05) is 13.7 Å². The van der Waals surface area contributed by atoms with Gasteiger partial charge < -0.3 is 15.2 Å². The number of hydrogen-bond acceptors (Lipinski definition) is 3. The highest BCUT2D eigenvalue weighted by molar-refractivity contribution is 5.85. The molecule has 2 N–H and O–H groups in total. The van der Waals surface area contributed by atoms with Crippen LogP contribution in [0.15, 0.2) is 18.2 Å². The Morgan fingerprint density at radius 2 is 2.00 bits per heavy atom. The Morgan fingerprint density at radius 1 is 1.31 bits per heavy atom. The monoisotopic (exact) mass is 245 g/mol. The van der Waals surface area contributed by atoms with Crippen molar-refractivity contribution in [3.8, 4) is 11.5 Å². The second kappa shape index (κ2) is 7.36. The fourth-order valence-corrected chi connectivity index (χ4v) is 1.49. The van der Waals surface area contributed by atoms with Gasteiger partial charge in [-0.25, -0.2) is 0 Å². The van der Waals surface area contributed by atoms with Gasteiger partial charge in [0, 0.05) is 6.04 Å². The lowest BCUT2D eigenvalue weighted by Crippen LogP contribution is -2.17. The number of halogens is 1. The van der Waals surface area contributed by atoms with Gasteiger partial charge in [0.1, 0.15) is 0 Å². The molecule has 0 amide bonds. The fourth-order valence-electron chi connectivity index (χ4n) is 1.49. The van der Waals surface area contributed by atoms with Crippen LogP contribution in [0.3, 0.4) is 0 Å². The first-order valence-corrected chi connectivity index (χ1v) is 5.22. The van der Waals surface area contributed by atoms with Crippen molar-refractivity contribution in [1.29, 1.82) is 0 Å². The summed E-state index contributed by atoms with van der Waals surface area (Å²) in [4.78, 5) is 0. The van der Waals surface area contributed by atoms with E-state index in [4.69, 9.17) is 15.2 Å². The quantitative estimate of drug-likeness (QED) is 0.867. The Labute approximate surface area is 103 Å². The van der Waals surface area contributed by atoms with E-state index >= 15 is 0 Å². The maximum atomic E-state index is 5.74. The lowest BCUT2D eigenvalue weighted by Gasteiger charge is -2.11. The molecule has 0 fully saturated rings. The van der Waals surface area contributed by atoms with Crippen molar-refractivity contribution in [3.05, 3.63) is 23.8 Å². The number of methoxy groups -OCH3 is 1. The van der Waals surface area contributed by atoms with E-state index in [2.05, 4.69) is 0 Å². The van der Waals surface area contributed by atoms with E-state index < -0.39 is 0 Å². The highest BCUT2D eigenvalue weighted by atomic mass is 35.5. The van der Waals surface area contributed by atoms with Gasteiger partial charge in [-0.1, -0.05) is 6.07 Å². The van der Waals surface area contributed by atoms with Gasteiger partial charge in [-0.15, -0.1) is 12.4 Å². The third-order valence-corrected chi connectivity index (χ3v) is 2.09. The molecule has 92 valence electrons. The zero-order valence-electron chi connectivity index (χ0n) is 10.0. The third kappa shape index (κ3) is 4.29. The van der Waals surface area contributed by atoms with Crippen LogP contribution in [0.5, 0.6) is 11.5 Å². The second-order valence-corrected chi connectivity index (χ2v) is 3.60. The SMILES string of the molecule is CCOc1ccc(CC(C)N)cc1OC.Cl. The number of ether oxygens (including phenoxy) is 2. The van der Waals surface area contributed by atoms with Gasteiger partial charge in [-0.05, 0) is 38.0 Å². The van der Waals surface area contributed by atoms with Crippen molar-refractivity contribution >= 4 is 12.4 Å². The summed E-state index contributed by atoms with van der Waals surface area (Å²) in [7, 11) is 1.65. The van der Waals surface area contributed by atoms with Gasteiger partial charge in [-0.2, -0.15) is 0 Å². The predicted molar refractivity (Wildman–Crippen MR) is 68.8 cm³/mol. The molecule has 4 heteroatoms. The van der Waals surface area contributed by atoms with Crippen LogP contribution in [0.25, 0.3) is 0 Å². The zero-order valence-corrected chi connectivity index (χ0v) is 10.8. The Bertz CT molecular complexity index is 316. The number of rotatable bonds is 5. The summed E-state index contributed by atoms with van der Waals surface area (Å²) in [5, 5.41) is 0. The zero-order chi connectivity index (χ0) is 11.3. The van der Waals surface area contributed by atoms with E-state index in [0.717, 1.165) is 17.9 Å². The van der Waals surface area contributed by atoms with Crippen LogP contribution in [0.4, 0.5) is 0 Å². The van der Waals surface area contributed by atoms with Gasteiger partial charge in [0.05, 0.1) is 13.7 Å². The normalized spacial score (nSPS) is 11.5. The van der Waals surface area contributed by atoms with Crippen molar-refractivity contribution in [2.24, 2.45) is 5.73 Å². The third-order valence-electron chi connectivity index (χ3n) is 2.09. The molecule has 0 heterocycles. The molecule has 1 rings (SSSR count). The molecule has 0 bridgehead atoms. The topological polar surface area (TPSA) is 44.5 Å². The Morgan fingerprint density at radius 3 is 2.50 bits per heavy atom. The molecule has 0 aliphatic carbocycles. The number of hydrogen-bond donors (Lipinski definition) is 1. The highest BCUT2D eigenvalue weighted by Gasteiger charge is 2.06. The van der Waals surface area contributed by atoms with Gasteiger partial charge in [0.2, 0.25) is 0 Å². The molecule has 0 aromatic heterocycles. The average Bonchev–Trinajstić information content (AvgIpc) is 2.20. The van der Waals surface area contributed by atoms with Gasteiger partial charge >= 0.3 is 0 Å². The minimum absolute atomic E-state index is 0. The molecule has 0 spiro atoms. The molecule has 1 unspecified atom stereocenters. The summed E-state index contributed by atoms with van der Waals surface area (Å²) in [5.41, 5.74) is 6.91. The van der Waals surface area contributed by atoms with Crippen LogP contribution in [-0.4, -0.2) is 19.8 Å². The molecule has 0 saturated heterocycles. The standard InChI is InChI=1S/C12H19NO2.ClH/c1-4-15-11-6-5-10(7-9(2)13)8-12(11)14-3;/h5-6,8-9H,4,7,13H2,1-3H3;1H. The maximum Gasteiger partial charge on any atom is 0.161 e. The first-order chi connectivity index (χ1) is 7.17. The fraction of sp³-hybridized carbons (Fsp3) is 0.500. The molecule has 16 heavy (non-hydrogen) atoms. The largest absolute Gasteiger partial charge is 0.493 e. The van der Waals surface area contributed by atoms with E-state index in [9.17, 15) is 0 Å². The molecule has 1 aromatic carbocycles. The van der Waals surface area contributed by atoms with Crippen molar-refractivity contribution in [3.63, 3.8) is 0 Å². The summed E-state index contributed by atoms with van der Waals surface area (Å²) < 4.78 is 10.7. The molecule has 3 nitrogen and oxygen atoms in total. The molecular formula is C12H20ClNO2. The Balaban J connectivity index is 0.00000225. The maximum absolute atomic E-state index is 5.74. The predicted octanol–water partition coefficient (Wildman–Crippen LogP) is 2.41. The first kappa shape index (κ1) is 15.1. The van der Waals surface area contributed by atoms with Crippen LogP contribution < -0.4 is 15.2 Å². The van der Waals surface area contributed by atoms with Gasteiger partial charge in [0.25, 0.3) is 0 Å². The summed E-state index contributed by atoms with van der Waals surface area (Å²) >= 11 is 0. The van der Waals surface area contributed by atoms with Crippen LogP contribution >= 0.6 is 12.4 Å². The summed E-state index contributed by atoms with van der Waals surface area (Å²) in [6.45, 7) is 4.58. The lowest BCUT2D eigenvalue weighted by atomic mass is 10.1. The Kier molecular flexibility index (Phi) is 6.93. The van der Waals surface area contributed by atoms with Gasteiger partial charge in [0.15, 0.2) is 11.5 Å². The van der Waals surface area contributed by atoms with E-state index in [1.54, 1.807) is 7.11 Å². The number of benzene rings is 1. The van der Waals surface area contributed by atoms with Crippen molar-refractivity contribution in [1.82, 2.24) is 0 Å². The molecule has 0 aliphatic heterocycles.